The SMILES string of the molecule is CCC[SiH](CCC)OCC(Cl)Cl. The normalized spacial score (nSPS) is 11.5. The third-order valence-corrected chi connectivity index (χ3v) is 5.04. The highest BCUT2D eigenvalue weighted by Crippen LogP contribution is 2.10. The number of alkyl halides is 2. The maximum Gasteiger partial charge on any atom is 0.177 e. The van der Waals surface area contributed by atoms with Crippen molar-refractivity contribution in [1.29, 1.82) is 0 Å². The van der Waals surface area contributed by atoms with Crippen LogP contribution in [0.25, 0.3) is 0 Å². The van der Waals surface area contributed by atoms with Crippen LogP contribution in [0.3, 0.4) is 0 Å². The van der Waals surface area contributed by atoms with Crippen molar-refractivity contribution in [3.05, 3.63) is 0 Å². The summed E-state index contributed by atoms with van der Waals surface area (Å²) < 4.78 is 5.66. The summed E-state index contributed by atoms with van der Waals surface area (Å²) in [6, 6.07) is 2.49. The summed E-state index contributed by atoms with van der Waals surface area (Å²) in [6.07, 6.45) is 2.43. The molecule has 12 heavy (non-hydrogen) atoms. The van der Waals surface area contributed by atoms with Gasteiger partial charge < -0.3 is 4.43 Å². The van der Waals surface area contributed by atoms with Crippen LogP contribution < -0.4 is 0 Å². The number of rotatable bonds is 7. The van der Waals surface area contributed by atoms with E-state index >= 15 is 0 Å². The average Bonchev–Trinajstić information content (AvgIpc) is 2.01. The molecule has 0 fully saturated rings. The highest BCUT2D eigenvalue weighted by molar-refractivity contribution is 6.52. The molecule has 0 amide bonds. The molecular formula is C8H18Cl2OSi. The third-order valence-electron chi connectivity index (χ3n) is 1.68. The second-order valence-electron chi connectivity index (χ2n) is 2.92. The Morgan fingerprint density at radius 3 is 2.00 bits per heavy atom. The lowest BCUT2D eigenvalue weighted by Crippen LogP contribution is -2.20. The molecule has 0 aromatic heterocycles. The first-order valence-corrected chi connectivity index (χ1v) is 7.58. The first kappa shape index (κ1) is 12.8. The molecule has 74 valence electrons. The minimum absolute atomic E-state index is 0.353. The van der Waals surface area contributed by atoms with Gasteiger partial charge in [-0.3, -0.25) is 0 Å². The topological polar surface area (TPSA) is 9.23 Å². The molecule has 0 spiro atoms. The molecule has 0 N–H and O–H groups in total. The van der Waals surface area contributed by atoms with Crippen LogP contribution in [-0.4, -0.2) is 20.5 Å². The molecule has 0 unspecified atom stereocenters. The van der Waals surface area contributed by atoms with E-state index in [0.717, 1.165) is 0 Å². The van der Waals surface area contributed by atoms with Gasteiger partial charge in [-0.25, -0.2) is 0 Å². The maximum absolute atomic E-state index is 5.66. The molecule has 0 aliphatic carbocycles. The van der Waals surface area contributed by atoms with Gasteiger partial charge in [-0.2, -0.15) is 0 Å². The Morgan fingerprint density at radius 2 is 1.67 bits per heavy atom. The standard InChI is InChI=1S/C8H18Cl2OSi/c1-3-5-12(6-4-2)11-7-8(9)10/h8,12H,3-7H2,1-2H3. The summed E-state index contributed by atoms with van der Waals surface area (Å²) in [6.45, 7) is 4.90. The molecule has 0 aliphatic rings. The molecule has 0 heterocycles. The summed E-state index contributed by atoms with van der Waals surface area (Å²) >= 11 is 11.2. The fourth-order valence-electron chi connectivity index (χ4n) is 1.16. The van der Waals surface area contributed by atoms with E-state index in [9.17, 15) is 0 Å². The van der Waals surface area contributed by atoms with E-state index in [1.165, 1.54) is 24.9 Å². The lowest BCUT2D eigenvalue weighted by molar-refractivity contribution is 0.334. The van der Waals surface area contributed by atoms with Crippen molar-refractivity contribution in [2.24, 2.45) is 0 Å². The Hall–Kier alpha value is 0.757. The molecule has 0 saturated carbocycles. The largest absolute Gasteiger partial charge is 0.417 e. The maximum atomic E-state index is 5.66. The van der Waals surface area contributed by atoms with Crippen LogP contribution in [0.5, 0.6) is 0 Å². The van der Waals surface area contributed by atoms with Crippen LogP contribution in [0.4, 0.5) is 0 Å². The summed E-state index contributed by atoms with van der Waals surface area (Å²) in [5, 5.41) is 0. The summed E-state index contributed by atoms with van der Waals surface area (Å²) in [7, 11) is -0.959. The van der Waals surface area contributed by atoms with E-state index in [-0.39, 0.29) is 4.84 Å². The summed E-state index contributed by atoms with van der Waals surface area (Å²) in [5.41, 5.74) is 0. The molecule has 4 heteroatoms. The smallest absolute Gasteiger partial charge is 0.177 e. The van der Waals surface area contributed by atoms with E-state index in [1.54, 1.807) is 0 Å². The fraction of sp³-hybridized carbons (Fsp3) is 1.00. The number of halogens is 2. The number of hydrogen-bond acceptors (Lipinski definition) is 1. The molecule has 0 bridgehead atoms. The van der Waals surface area contributed by atoms with Gasteiger partial charge in [-0.15, -0.1) is 23.2 Å². The van der Waals surface area contributed by atoms with Gasteiger partial charge in [-0.1, -0.05) is 26.7 Å². The number of hydrogen-bond donors (Lipinski definition) is 0. The first-order chi connectivity index (χ1) is 5.70. The average molecular weight is 229 g/mol. The Balaban J connectivity index is 3.48. The fourth-order valence-corrected chi connectivity index (χ4v) is 3.93. The third kappa shape index (κ3) is 7.41. The zero-order valence-corrected chi connectivity index (χ0v) is 10.5. The summed E-state index contributed by atoms with van der Waals surface area (Å²) in [5.74, 6) is 0. The van der Waals surface area contributed by atoms with Gasteiger partial charge in [0, 0.05) is 0 Å². The highest BCUT2D eigenvalue weighted by atomic mass is 35.5. The Labute approximate surface area is 87.1 Å². The van der Waals surface area contributed by atoms with Gasteiger partial charge in [0.2, 0.25) is 0 Å². The van der Waals surface area contributed by atoms with Crippen molar-refractivity contribution in [3.8, 4) is 0 Å². The zero-order valence-electron chi connectivity index (χ0n) is 7.85. The molecule has 0 atom stereocenters. The predicted molar refractivity (Wildman–Crippen MR) is 58.8 cm³/mol. The zero-order chi connectivity index (χ0) is 9.40. The molecule has 1 nitrogen and oxygen atoms in total. The van der Waals surface area contributed by atoms with E-state index in [1.807, 2.05) is 0 Å². The second kappa shape index (κ2) is 8.36. The van der Waals surface area contributed by atoms with Crippen molar-refractivity contribution >= 4 is 32.2 Å². The van der Waals surface area contributed by atoms with Crippen LogP contribution in [-0.2, 0) is 4.43 Å². The van der Waals surface area contributed by atoms with Gasteiger partial charge >= 0.3 is 0 Å². The van der Waals surface area contributed by atoms with Crippen molar-refractivity contribution in [2.75, 3.05) is 6.61 Å². The molecule has 0 radical (unpaired) electrons. The van der Waals surface area contributed by atoms with Crippen LogP contribution in [0.2, 0.25) is 12.1 Å². The highest BCUT2D eigenvalue weighted by Gasteiger charge is 2.10. The minimum atomic E-state index is -0.959. The Bertz CT molecular complexity index is 95.1. The van der Waals surface area contributed by atoms with Gasteiger partial charge in [0.1, 0.15) is 4.84 Å². The Kier molecular flexibility index (Phi) is 8.89. The van der Waals surface area contributed by atoms with Crippen molar-refractivity contribution in [2.45, 2.75) is 43.6 Å². The molecule has 0 aromatic carbocycles. The molecule has 0 rings (SSSR count). The Morgan fingerprint density at radius 1 is 1.17 bits per heavy atom. The van der Waals surface area contributed by atoms with Gasteiger partial charge in [0.15, 0.2) is 9.04 Å². The van der Waals surface area contributed by atoms with Crippen LogP contribution in [0, 0.1) is 0 Å². The monoisotopic (exact) mass is 228 g/mol. The first-order valence-electron chi connectivity index (χ1n) is 4.60. The predicted octanol–water partition coefficient (Wildman–Crippen LogP) is 3.35. The second-order valence-corrected chi connectivity index (χ2v) is 6.93. The van der Waals surface area contributed by atoms with Crippen molar-refractivity contribution < 1.29 is 4.43 Å². The van der Waals surface area contributed by atoms with Gasteiger partial charge in [0.25, 0.3) is 0 Å². The van der Waals surface area contributed by atoms with E-state index < -0.39 is 9.04 Å². The van der Waals surface area contributed by atoms with Gasteiger partial charge in [-0.05, 0) is 12.1 Å². The van der Waals surface area contributed by atoms with Crippen LogP contribution in [0.15, 0.2) is 0 Å². The van der Waals surface area contributed by atoms with E-state index in [4.69, 9.17) is 27.6 Å². The quantitative estimate of drug-likeness (QED) is 0.480. The van der Waals surface area contributed by atoms with Crippen molar-refractivity contribution in [1.82, 2.24) is 0 Å². The van der Waals surface area contributed by atoms with E-state index in [0.29, 0.717) is 6.61 Å². The summed E-state index contributed by atoms with van der Waals surface area (Å²) in [4.78, 5) is -0.353. The van der Waals surface area contributed by atoms with Crippen molar-refractivity contribution in [3.63, 3.8) is 0 Å². The molecule has 0 aromatic rings. The minimum Gasteiger partial charge on any atom is -0.417 e. The van der Waals surface area contributed by atoms with E-state index in [2.05, 4.69) is 13.8 Å². The molecule has 0 aliphatic heterocycles. The van der Waals surface area contributed by atoms with Crippen LogP contribution in [0.1, 0.15) is 26.7 Å². The molecular weight excluding hydrogens is 211 g/mol. The molecule has 0 saturated heterocycles. The van der Waals surface area contributed by atoms with Crippen LogP contribution >= 0.6 is 23.2 Å². The lowest BCUT2D eigenvalue weighted by Gasteiger charge is -2.14. The lowest BCUT2D eigenvalue weighted by atomic mass is 10.6. The van der Waals surface area contributed by atoms with Gasteiger partial charge in [0.05, 0.1) is 6.61 Å².